The molecule has 1 aromatic rings. The second-order valence-corrected chi connectivity index (χ2v) is 2.46. The molecule has 0 atom stereocenters. The highest BCUT2D eigenvalue weighted by Crippen LogP contribution is 2.05. The van der Waals surface area contributed by atoms with Gasteiger partial charge in [-0.1, -0.05) is 0 Å². The number of rotatable bonds is 3. The molecule has 0 aliphatic heterocycles. The normalized spacial score (nSPS) is 9.31. The SMILES string of the molecule is CC(=O)c1ccc(C=O)nc1C=O. The van der Waals surface area contributed by atoms with Crippen LogP contribution in [0.5, 0.6) is 0 Å². The minimum Gasteiger partial charge on any atom is -0.296 e. The van der Waals surface area contributed by atoms with Crippen molar-refractivity contribution in [2.75, 3.05) is 0 Å². The summed E-state index contributed by atoms with van der Waals surface area (Å²) in [5.41, 5.74) is 0.393. The first-order valence-corrected chi connectivity index (χ1v) is 3.61. The van der Waals surface area contributed by atoms with E-state index in [0.717, 1.165) is 0 Å². The maximum atomic E-state index is 10.9. The van der Waals surface area contributed by atoms with Crippen LogP contribution >= 0.6 is 0 Å². The number of carbonyl (C=O) groups excluding carboxylic acids is 3. The van der Waals surface area contributed by atoms with Gasteiger partial charge in [-0.2, -0.15) is 0 Å². The van der Waals surface area contributed by atoms with Crippen LogP contribution in [-0.4, -0.2) is 23.3 Å². The highest BCUT2D eigenvalue weighted by Gasteiger charge is 2.08. The quantitative estimate of drug-likeness (QED) is 0.508. The minimum absolute atomic E-state index is 0.0112. The molecule has 0 saturated heterocycles. The van der Waals surface area contributed by atoms with Gasteiger partial charge in [-0.3, -0.25) is 14.4 Å². The Morgan fingerprint density at radius 1 is 1.31 bits per heavy atom. The lowest BCUT2D eigenvalue weighted by atomic mass is 10.1. The average Bonchev–Trinajstić information content (AvgIpc) is 2.16. The van der Waals surface area contributed by atoms with E-state index in [4.69, 9.17) is 0 Å². The summed E-state index contributed by atoms with van der Waals surface area (Å²) in [6.45, 7) is 1.34. The van der Waals surface area contributed by atoms with E-state index in [1.54, 1.807) is 0 Å². The van der Waals surface area contributed by atoms with E-state index in [2.05, 4.69) is 4.98 Å². The molecule has 0 aliphatic carbocycles. The molecule has 0 unspecified atom stereocenters. The number of Topliss-reactive ketones (excluding diaryl/α,β-unsaturated/α-hetero) is 1. The molecule has 0 aliphatic rings. The number of ketones is 1. The molecule has 0 N–H and O–H groups in total. The van der Waals surface area contributed by atoms with Gasteiger partial charge in [0.1, 0.15) is 11.4 Å². The van der Waals surface area contributed by atoms with Gasteiger partial charge in [0.2, 0.25) is 0 Å². The monoisotopic (exact) mass is 177 g/mol. The van der Waals surface area contributed by atoms with Crippen molar-refractivity contribution in [3.05, 3.63) is 29.1 Å². The first-order valence-electron chi connectivity index (χ1n) is 3.61. The van der Waals surface area contributed by atoms with Gasteiger partial charge in [0, 0.05) is 5.56 Å². The second-order valence-electron chi connectivity index (χ2n) is 2.46. The fraction of sp³-hybridized carbons (Fsp3) is 0.111. The third-order valence-corrected chi connectivity index (χ3v) is 1.56. The molecule has 1 heterocycles. The number of hydrogen-bond donors (Lipinski definition) is 0. The van der Waals surface area contributed by atoms with Crippen LogP contribution in [0, 0.1) is 0 Å². The average molecular weight is 177 g/mol. The molecule has 13 heavy (non-hydrogen) atoms. The van der Waals surface area contributed by atoms with E-state index in [0.29, 0.717) is 12.6 Å². The van der Waals surface area contributed by atoms with E-state index in [9.17, 15) is 14.4 Å². The molecule has 0 aromatic carbocycles. The predicted molar refractivity (Wildman–Crippen MR) is 45.0 cm³/mol. The Morgan fingerprint density at radius 3 is 2.46 bits per heavy atom. The highest BCUT2D eigenvalue weighted by atomic mass is 16.1. The first-order chi connectivity index (χ1) is 6.19. The van der Waals surface area contributed by atoms with Crippen molar-refractivity contribution in [3.8, 4) is 0 Å². The van der Waals surface area contributed by atoms with Crippen molar-refractivity contribution in [2.24, 2.45) is 0 Å². The first kappa shape index (κ1) is 9.25. The van der Waals surface area contributed by atoms with E-state index >= 15 is 0 Å². The lowest BCUT2D eigenvalue weighted by Gasteiger charge is -1.98. The topological polar surface area (TPSA) is 64.1 Å². The van der Waals surface area contributed by atoms with E-state index in [1.165, 1.54) is 19.1 Å². The summed E-state index contributed by atoms with van der Waals surface area (Å²) in [6.07, 6.45) is 0.987. The number of pyridine rings is 1. The molecule has 0 amide bonds. The summed E-state index contributed by atoms with van der Waals surface area (Å²) in [4.78, 5) is 35.4. The van der Waals surface area contributed by atoms with Gasteiger partial charge < -0.3 is 0 Å². The Morgan fingerprint density at radius 2 is 2.00 bits per heavy atom. The van der Waals surface area contributed by atoms with Crippen LogP contribution in [-0.2, 0) is 0 Å². The zero-order valence-corrected chi connectivity index (χ0v) is 6.98. The predicted octanol–water partition coefficient (Wildman–Crippen LogP) is 0.909. The fourth-order valence-corrected chi connectivity index (χ4v) is 0.944. The van der Waals surface area contributed by atoms with E-state index in [-0.39, 0.29) is 22.7 Å². The molecule has 1 rings (SSSR count). The van der Waals surface area contributed by atoms with Crippen molar-refractivity contribution < 1.29 is 14.4 Å². The van der Waals surface area contributed by atoms with Gasteiger partial charge in [-0.25, -0.2) is 4.98 Å². The Balaban J connectivity index is 3.31. The lowest BCUT2D eigenvalue weighted by molar-refractivity contribution is 0.100. The summed E-state index contributed by atoms with van der Waals surface area (Å²) in [7, 11) is 0. The number of nitrogens with zero attached hydrogens (tertiary/aromatic N) is 1. The van der Waals surface area contributed by atoms with Crippen molar-refractivity contribution >= 4 is 18.4 Å². The molecule has 0 bridgehead atoms. The van der Waals surface area contributed by atoms with Crippen LogP contribution in [0.4, 0.5) is 0 Å². The summed E-state index contributed by atoms with van der Waals surface area (Å²) in [5, 5.41) is 0. The van der Waals surface area contributed by atoms with Crippen molar-refractivity contribution in [2.45, 2.75) is 6.92 Å². The van der Waals surface area contributed by atoms with Crippen LogP contribution in [0.15, 0.2) is 12.1 Å². The zero-order valence-electron chi connectivity index (χ0n) is 6.98. The van der Waals surface area contributed by atoms with E-state index in [1.807, 2.05) is 0 Å². The summed E-state index contributed by atoms with van der Waals surface area (Å²) >= 11 is 0. The molecule has 66 valence electrons. The molecule has 0 spiro atoms. The van der Waals surface area contributed by atoms with Crippen molar-refractivity contribution in [1.29, 1.82) is 0 Å². The van der Waals surface area contributed by atoms with Gasteiger partial charge in [-0.15, -0.1) is 0 Å². The summed E-state index contributed by atoms with van der Waals surface area (Å²) < 4.78 is 0. The fourth-order valence-electron chi connectivity index (χ4n) is 0.944. The summed E-state index contributed by atoms with van der Waals surface area (Å²) in [6, 6.07) is 2.82. The second kappa shape index (κ2) is 3.71. The molecule has 1 aromatic heterocycles. The van der Waals surface area contributed by atoms with Gasteiger partial charge in [0.05, 0.1) is 0 Å². The highest BCUT2D eigenvalue weighted by molar-refractivity contribution is 6.00. The smallest absolute Gasteiger partial charge is 0.169 e. The molecule has 0 fully saturated rings. The van der Waals surface area contributed by atoms with Crippen LogP contribution in [0.3, 0.4) is 0 Å². The maximum absolute atomic E-state index is 10.9. The Hall–Kier alpha value is -1.84. The van der Waals surface area contributed by atoms with Gasteiger partial charge in [-0.05, 0) is 19.1 Å². The van der Waals surface area contributed by atoms with Crippen molar-refractivity contribution in [1.82, 2.24) is 4.98 Å². The standard InChI is InChI=1S/C9H7NO3/c1-6(13)8-3-2-7(4-11)10-9(8)5-12/h2-5H,1H3. The third-order valence-electron chi connectivity index (χ3n) is 1.56. The molecular weight excluding hydrogens is 170 g/mol. The van der Waals surface area contributed by atoms with Gasteiger partial charge in [0.25, 0.3) is 0 Å². The summed E-state index contributed by atoms with van der Waals surface area (Å²) in [5.74, 6) is -0.243. The largest absolute Gasteiger partial charge is 0.296 e. The van der Waals surface area contributed by atoms with Crippen LogP contribution < -0.4 is 0 Å². The third kappa shape index (κ3) is 1.84. The number of hydrogen-bond acceptors (Lipinski definition) is 4. The molecular formula is C9H7NO3. The Bertz CT molecular complexity index is 371. The maximum Gasteiger partial charge on any atom is 0.169 e. The molecule has 4 nitrogen and oxygen atoms in total. The zero-order chi connectivity index (χ0) is 9.84. The number of aromatic nitrogens is 1. The Kier molecular flexibility index (Phi) is 2.64. The van der Waals surface area contributed by atoms with Gasteiger partial charge in [0.15, 0.2) is 18.4 Å². The number of aldehydes is 2. The van der Waals surface area contributed by atoms with Gasteiger partial charge >= 0.3 is 0 Å². The minimum atomic E-state index is -0.243. The van der Waals surface area contributed by atoms with Crippen LogP contribution in [0.2, 0.25) is 0 Å². The number of carbonyl (C=O) groups is 3. The molecule has 4 heteroatoms. The lowest BCUT2D eigenvalue weighted by Crippen LogP contribution is -2.03. The van der Waals surface area contributed by atoms with Crippen LogP contribution in [0.1, 0.15) is 38.3 Å². The van der Waals surface area contributed by atoms with Crippen LogP contribution in [0.25, 0.3) is 0 Å². The Labute approximate surface area is 74.6 Å². The van der Waals surface area contributed by atoms with Crippen molar-refractivity contribution in [3.63, 3.8) is 0 Å². The van der Waals surface area contributed by atoms with E-state index < -0.39 is 0 Å². The molecule has 0 saturated carbocycles. The molecule has 0 radical (unpaired) electrons.